The first-order valence-electron chi connectivity index (χ1n) is 9.24. The first-order valence-corrected chi connectivity index (χ1v) is 9.24. The summed E-state index contributed by atoms with van der Waals surface area (Å²) in [5, 5.41) is 2.96. The Bertz CT molecular complexity index is 863. The van der Waals surface area contributed by atoms with Crippen LogP contribution >= 0.6 is 0 Å². The van der Waals surface area contributed by atoms with Crippen molar-refractivity contribution in [2.75, 3.05) is 41.8 Å². The number of urea groups is 1. The maximum absolute atomic E-state index is 12.9. The quantitative estimate of drug-likeness (QED) is 0.888. The zero-order valence-corrected chi connectivity index (χ0v) is 15.4. The average Bonchev–Trinajstić information content (AvgIpc) is 3.18. The number of pyridine rings is 1. The van der Waals surface area contributed by atoms with Gasteiger partial charge < -0.3 is 20.0 Å². The lowest BCUT2D eigenvalue weighted by molar-refractivity contribution is -0.118. The number of hydrogen-bond donors (Lipinski definition) is 1. The number of carbonyl (C=O) groups excluding carboxylic acids is 2. The first-order chi connectivity index (χ1) is 13.1. The molecule has 0 bridgehead atoms. The van der Waals surface area contributed by atoms with E-state index in [1.165, 1.54) is 0 Å². The summed E-state index contributed by atoms with van der Waals surface area (Å²) >= 11 is 0. The summed E-state index contributed by atoms with van der Waals surface area (Å²) in [6.45, 7) is 2.31. The standard InChI is InChI=1S/C20H23N5O2/c1-23-17-9-3-2-7-15(17)13-25(14-18(23)26)20(27)22-16-8-6-10-21-19(16)24-11-4-5-12-24/h2-3,6-10H,4-5,11-14H2,1H3,(H,22,27). The Labute approximate surface area is 158 Å². The maximum atomic E-state index is 12.9. The minimum Gasteiger partial charge on any atom is -0.355 e. The van der Waals surface area contributed by atoms with Gasteiger partial charge in [0.25, 0.3) is 0 Å². The van der Waals surface area contributed by atoms with Crippen molar-refractivity contribution in [3.63, 3.8) is 0 Å². The van der Waals surface area contributed by atoms with E-state index in [1.807, 2.05) is 36.4 Å². The fraction of sp³-hybridized carbons (Fsp3) is 0.350. The molecule has 3 heterocycles. The SMILES string of the molecule is CN1C(=O)CN(C(=O)Nc2cccnc2N2CCCC2)Cc2ccccc21. The number of anilines is 3. The zero-order chi connectivity index (χ0) is 18.8. The molecule has 2 aliphatic heterocycles. The molecule has 1 aromatic carbocycles. The molecule has 7 heteroatoms. The van der Waals surface area contributed by atoms with Crippen molar-refractivity contribution in [1.82, 2.24) is 9.88 Å². The van der Waals surface area contributed by atoms with Crippen LogP contribution in [0.25, 0.3) is 0 Å². The van der Waals surface area contributed by atoms with E-state index in [0.717, 1.165) is 43.0 Å². The predicted molar refractivity (Wildman–Crippen MR) is 105 cm³/mol. The highest BCUT2D eigenvalue weighted by molar-refractivity contribution is 6.00. The van der Waals surface area contributed by atoms with E-state index >= 15 is 0 Å². The van der Waals surface area contributed by atoms with E-state index in [1.54, 1.807) is 23.0 Å². The summed E-state index contributed by atoms with van der Waals surface area (Å²) in [4.78, 5) is 35.3. The van der Waals surface area contributed by atoms with Crippen molar-refractivity contribution in [2.24, 2.45) is 0 Å². The third kappa shape index (κ3) is 3.45. The van der Waals surface area contributed by atoms with Gasteiger partial charge in [-0.2, -0.15) is 0 Å². The summed E-state index contributed by atoms with van der Waals surface area (Å²) in [6, 6.07) is 11.1. The summed E-state index contributed by atoms with van der Waals surface area (Å²) in [7, 11) is 1.75. The van der Waals surface area contributed by atoms with Gasteiger partial charge in [0.1, 0.15) is 6.54 Å². The molecule has 0 unspecified atom stereocenters. The number of aromatic nitrogens is 1. The number of likely N-dealkylation sites (N-methyl/N-ethyl adjacent to an activating group) is 1. The van der Waals surface area contributed by atoms with Gasteiger partial charge >= 0.3 is 6.03 Å². The molecule has 2 aromatic rings. The smallest absolute Gasteiger partial charge is 0.322 e. The van der Waals surface area contributed by atoms with Gasteiger partial charge in [-0.25, -0.2) is 9.78 Å². The van der Waals surface area contributed by atoms with E-state index in [2.05, 4.69) is 15.2 Å². The molecule has 1 fully saturated rings. The lowest BCUT2D eigenvalue weighted by Crippen LogP contribution is -2.40. The summed E-state index contributed by atoms with van der Waals surface area (Å²) in [5.74, 6) is 0.683. The van der Waals surface area contributed by atoms with Crippen molar-refractivity contribution in [3.05, 3.63) is 48.2 Å². The number of fused-ring (bicyclic) bond motifs is 1. The van der Waals surface area contributed by atoms with Gasteiger partial charge in [0.2, 0.25) is 5.91 Å². The van der Waals surface area contributed by atoms with Gasteiger partial charge in [-0.3, -0.25) is 4.79 Å². The van der Waals surface area contributed by atoms with Gasteiger partial charge in [0, 0.05) is 32.0 Å². The van der Waals surface area contributed by atoms with Gasteiger partial charge in [0.05, 0.1) is 12.2 Å². The van der Waals surface area contributed by atoms with Crippen LogP contribution in [0.15, 0.2) is 42.6 Å². The molecular formula is C20H23N5O2. The number of para-hydroxylation sites is 1. The Morgan fingerprint density at radius 2 is 1.85 bits per heavy atom. The van der Waals surface area contributed by atoms with E-state index in [4.69, 9.17) is 0 Å². The number of hydrogen-bond acceptors (Lipinski definition) is 4. The minimum absolute atomic E-state index is 0.0380. The Morgan fingerprint density at radius 3 is 2.67 bits per heavy atom. The van der Waals surface area contributed by atoms with Crippen molar-refractivity contribution >= 4 is 29.1 Å². The average molecular weight is 365 g/mol. The van der Waals surface area contributed by atoms with Gasteiger partial charge in [-0.1, -0.05) is 18.2 Å². The lowest BCUT2D eigenvalue weighted by Gasteiger charge is -2.23. The number of rotatable bonds is 2. The largest absolute Gasteiger partial charge is 0.355 e. The van der Waals surface area contributed by atoms with Crippen LogP contribution in [0.2, 0.25) is 0 Å². The normalized spacial score (nSPS) is 16.9. The highest BCUT2D eigenvalue weighted by atomic mass is 16.2. The van der Waals surface area contributed by atoms with Crippen LogP contribution in [0.4, 0.5) is 22.0 Å². The summed E-state index contributed by atoms with van der Waals surface area (Å²) in [5.41, 5.74) is 2.48. The maximum Gasteiger partial charge on any atom is 0.322 e. The Morgan fingerprint density at radius 1 is 1.07 bits per heavy atom. The second-order valence-electron chi connectivity index (χ2n) is 6.94. The molecule has 1 saturated heterocycles. The van der Waals surface area contributed by atoms with Crippen molar-refractivity contribution in [1.29, 1.82) is 0 Å². The molecule has 0 aliphatic carbocycles. The molecule has 4 rings (SSSR count). The molecule has 1 aromatic heterocycles. The molecule has 7 nitrogen and oxygen atoms in total. The van der Waals surface area contributed by atoms with Crippen molar-refractivity contribution < 1.29 is 9.59 Å². The lowest BCUT2D eigenvalue weighted by atomic mass is 10.1. The molecule has 2 aliphatic rings. The summed E-state index contributed by atoms with van der Waals surface area (Å²) in [6.07, 6.45) is 4.01. The molecule has 0 atom stereocenters. The third-order valence-electron chi connectivity index (χ3n) is 5.14. The monoisotopic (exact) mass is 365 g/mol. The summed E-state index contributed by atoms with van der Waals surface area (Å²) < 4.78 is 0. The Hall–Kier alpha value is -3.09. The van der Waals surface area contributed by atoms with Crippen molar-refractivity contribution in [2.45, 2.75) is 19.4 Å². The van der Waals surface area contributed by atoms with Gasteiger partial charge in [0.15, 0.2) is 5.82 Å². The van der Waals surface area contributed by atoms with Crippen LogP contribution in [0.3, 0.4) is 0 Å². The zero-order valence-electron chi connectivity index (χ0n) is 15.4. The number of nitrogens with zero attached hydrogens (tertiary/aromatic N) is 4. The molecule has 0 radical (unpaired) electrons. The van der Waals surface area contributed by atoms with Crippen LogP contribution in [-0.2, 0) is 11.3 Å². The number of benzene rings is 1. The predicted octanol–water partition coefficient (Wildman–Crippen LogP) is 2.69. The van der Waals surface area contributed by atoms with Gasteiger partial charge in [-0.15, -0.1) is 0 Å². The van der Waals surface area contributed by atoms with E-state index < -0.39 is 0 Å². The minimum atomic E-state index is -0.290. The highest BCUT2D eigenvalue weighted by Crippen LogP contribution is 2.28. The highest BCUT2D eigenvalue weighted by Gasteiger charge is 2.27. The molecule has 0 saturated carbocycles. The number of nitrogens with one attached hydrogen (secondary N) is 1. The molecule has 1 N–H and O–H groups in total. The molecule has 27 heavy (non-hydrogen) atoms. The molecule has 140 valence electrons. The van der Waals surface area contributed by atoms with Crippen LogP contribution in [0, 0.1) is 0 Å². The fourth-order valence-electron chi connectivity index (χ4n) is 3.65. The first kappa shape index (κ1) is 17.3. The van der Waals surface area contributed by atoms with Crippen LogP contribution in [-0.4, -0.2) is 48.5 Å². The third-order valence-corrected chi connectivity index (χ3v) is 5.14. The molecular weight excluding hydrogens is 342 g/mol. The molecule has 0 spiro atoms. The van der Waals surface area contributed by atoms with Crippen LogP contribution in [0.1, 0.15) is 18.4 Å². The van der Waals surface area contributed by atoms with E-state index in [-0.39, 0.29) is 18.5 Å². The Balaban J connectivity index is 1.56. The second kappa shape index (κ2) is 7.26. The van der Waals surface area contributed by atoms with E-state index in [0.29, 0.717) is 12.2 Å². The Kier molecular flexibility index (Phi) is 4.66. The van der Waals surface area contributed by atoms with E-state index in [9.17, 15) is 9.59 Å². The topological polar surface area (TPSA) is 68.8 Å². The number of carbonyl (C=O) groups is 2. The number of amides is 3. The van der Waals surface area contributed by atoms with Gasteiger partial charge in [-0.05, 0) is 36.6 Å². The van der Waals surface area contributed by atoms with Crippen molar-refractivity contribution in [3.8, 4) is 0 Å². The van der Waals surface area contributed by atoms with Crippen LogP contribution < -0.4 is 15.1 Å². The van der Waals surface area contributed by atoms with Crippen LogP contribution in [0.5, 0.6) is 0 Å². The molecule has 3 amide bonds. The fourth-order valence-corrected chi connectivity index (χ4v) is 3.65. The second-order valence-corrected chi connectivity index (χ2v) is 6.94.